The average molecular weight is 155 g/mol. The van der Waals surface area contributed by atoms with Crippen molar-refractivity contribution >= 4 is 5.97 Å². The second-order valence-corrected chi connectivity index (χ2v) is 2.37. The molecule has 0 amide bonds. The van der Waals surface area contributed by atoms with E-state index in [0.717, 1.165) is 0 Å². The third-order valence-electron chi connectivity index (χ3n) is 1.60. The number of allylic oxidation sites excluding steroid dienone is 2. The molecule has 4 N–H and O–H groups in total. The molecule has 0 unspecified atom stereocenters. The summed E-state index contributed by atoms with van der Waals surface area (Å²) in [5, 5.41) is 17.6. The van der Waals surface area contributed by atoms with Crippen LogP contribution in [0.2, 0.25) is 0 Å². The van der Waals surface area contributed by atoms with E-state index in [1.165, 1.54) is 18.2 Å². The Morgan fingerprint density at radius 3 is 2.73 bits per heavy atom. The van der Waals surface area contributed by atoms with Crippen LogP contribution in [-0.4, -0.2) is 22.2 Å². The van der Waals surface area contributed by atoms with Gasteiger partial charge in [-0.1, -0.05) is 12.2 Å². The van der Waals surface area contributed by atoms with E-state index in [4.69, 9.17) is 15.9 Å². The van der Waals surface area contributed by atoms with E-state index in [2.05, 4.69) is 0 Å². The van der Waals surface area contributed by atoms with Crippen molar-refractivity contribution in [3.8, 4) is 0 Å². The van der Waals surface area contributed by atoms with Gasteiger partial charge in [-0.25, -0.2) is 0 Å². The van der Waals surface area contributed by atoms with Crippen LogP contribution in [0.5, 0.6) is 0 Å². The molecule has 1 rings (SSSR count). The van der Waals surface area contributed by atoms with E-state index in [-0.39, 0.29) is 5.76 Å². The van der Waals surface area contributed by atoms with Gasteiger partial charge < -0.3 is 15.9 Å². The number of carboxylic acid groups (broad SMARTS) is 1. The Bertz CT molecular complexity index is 232. The molecule has 0 heterocycles. The minimum absolute atomic E-state index is 0.0834. The molecule has 11 heavy (non-hydrogen) atoms. The molecular weight excluding hydrogens is 146 g/mol. The normalized spacial score (nSPS) is 29.7. The molecule has 0 saturated heterocycles. The number of hydrogen-bond donors (Lipinski definition) is 3. The number of carbonyl (C=O) groups is 1. The molecule has 4 nitrogen and oxygen atoms in total. The molecule has 60 valence electrons. The standard InChI is InChI=1S/C7H9NO3/c8-6-4(7(10)11)2-1-3-5(6)9/h1-4,6,9H,8H2,(H,10,11)/t4-,6+/m1/s1. The Balaban J connectivity index is 2.81. The second-order valence-electron chi connectivity index (χ2n) is 2.37. The summed E-state index contributed by atoms with van der Waals surface area (Å²) < 4.78 is 0. The van der Waals surface area contributed by atoms with Crippen molar-refractivity contribution in [2.75, 3.05) is 0 Å². The number of nitrogens with two attached hydrogens (primary N) is 1. The Labute approximate surface area is 63.6 Å². The molecule has 0 spiro atoms. The highest BCUT2D eigenvalue weighted by Crippen LogP contribution is 2.15. The van der Waals surface area contributed by atoms with Gasteiger partial charge in [0.1, 0.15) is 5.76 Å². The smallest absolute Gasteiger partial charge is 0.312 e. The number of aliphatic hydroxyl groups is 1. The van der Waals surface area contributed by atoms with Crippen LogP contribution < -0.4 is 5.73 Å². The molecule has 0 aliphatic heterocycles. The van der Waals surface area contributed by atoms with Crippen LogP contribution >= 0.6 is 0 Å². The highest BCUT2D eigenvalue weighted by Gasteiger charge is 2.26. The van der Waals surface area contributed by atoms with Gasteiger partial charge in [-0.2, -0.15) is 0 Å². The lowest BCUT2D eigenvalue weighted by Crippen LogP contribution is -2.37. The van der Waals surface area contributed by atoms with Gasteiger partial charge in [-0.15, -0.1) is 0 Å². The van der Waals surface area contributed by atoms with Crippen LogP contribution in [0.4, 0.5) is 0 Å². The first-order valence-corrected chi connectivity index (χ1v) is 3.18. The van der Waals surface area contributed by atoms with Gasteiger partial charge in [0.25, 0.3) is 0 Å². The maximum absolute atomic E-state index is 10.4. The first kappa shape index (κ1) is 7.81. The maximum atomic E-state index is 10.4. The minimum atomic E-state index is -1.02. The number of rotatable bonds is 1. The van der Waals surface area contributed by atoms with Crippen molar-refractivity contribution in [3.05, 3.63) is 24.0 Å². The summed E-state index contributed by atoms with van der Waals surface area (Å²) in [4.78, 5) is 10.4. The minimum Gasteiger partial charge on any atom is -0.511 e. The predicted octanol–water partition coefficient (Wildman–Crippen LogP) is 0.0262. The van der Waals surface area contributed by atoms with Gasteiger partial charge in [-0.05, 0) is 6.08 Å². The fourth-order valence-electron chi connectivity index (χ4n) is 0.925. The van der Waals surface area contributed by atoms with Crippen LogP contribution in [0.3, 0.4) is 0 Å². The van der Waals surface area contributed by atoms with Crippen LogP contribution in [-0.2, 0) is 4.79 Å². The van der Waals surface area contributed by atoms with Crippen LogP contribution in [0.1, 0.15) is 0 Å². The predicted molar refractivity (Wildman–Crippen MR) is 39.0 cm³/mol. The van der Waals surface area contributed by atoms with Crippen molar-refractivity contribution in [2.45, 2.75) is 6.04 Å². The summed E-state index contributed by atoms with van der Waals surface area (Å²) in [6.07, 6.45) is 4.33. The Hall–Kier alpha value is -1.29. The van der Waals surface area contributed by atoms with E-state index in [0.29, 0.717) is 0 Å². The number of aliphatic hydroxyl groups excluding tert-OH is 1. The lowest BCUT2D eigenvalue weighted by atomic mass is 9.95. The third kappa shape index (κ3) is 1.40. The molecule has 0 aromatic carbocycles. The van der Waals surface area contributed by atoms with Crippen molar-refractivity contribution in [1.29, 1.82) is 0 Å². The quantitative estimate of drug-likeness (QED) is 0.498. The van der Waals surface area contributed by atoms with Crippen molar-refractivity contribution in [1.82, 2.24) is 0 Å². The zero-order valence-electron chi connectivity index (χ0n) is 5.77. The van der Waals surface area contributed by atoms with E-state index >= 15 is 0 Å². The van der Waals surface area contributed by atoms with Gasteiger partial charge >= 0.3 is 5.97 Å². The van der Waals surface area contributed by atoms with Crippen LogP contribution in [0.15, 0.2) is 24.0 Å². The monoisotopic (exact) mass is 155 g/mol. The van der Waals surface area contributed by atoms with Gasteiger partial charge in [-0.3, -0.25) is 4.79 Å². The molecule has 0 saturated carbocycles. The Kier molecular flexibility index (Phi) is 1.96. The van der Waals surface area contributed by atoms with Crippen molar-refractivity contribution < 1.29 is 15.0 Å². The summed E-state index contributed by atoms with van der Waals surface area (Å²) in [7, 11) is 0. The molecular formula is C7H9NO3. The van der Waals surface area contributed by atoms with Crippen LogP contribution in [0, 0.1) is 5.92 Å². The van der Waals surface area contributed by atoms with E-state index in [1.54, 1.807) is 0 Å². The SMILES string of the molecule is N[C@@H]1C(O)=CC=C[C@H]1C(=O)O. The maximum Gasteiger partial charge on any atom is 0.312 e. The highest BCUT2D eigenvalue weighted by atomic mass is 16.4. The molecule has 2 atom stereocenters. The molecule has 1 aliphatic rings. The van der Waals surface area contributed by atoms with Gasteiger partial charge in [0.2, 0.25) is 0 Å². The fraction of sp³-hybridized carbons (Fsp3) is 0.286. The second kappa shape index (κ2) is 2.75. The van der Waals surface area contributed by atoms with Gasteiger partial charge in [0.15, 0.2) is 0 Å². The first-order valence-electron chi connectivity index (χ1n) is 3.18. The number of aliphatic carboxylic acids is 1. The molecule has 4 heteroatoms. The fourth-order valence-corrected chi connectivity index (χ4v) is 0.925. The number of hydrogen-bond acceptors (Lipinski definition) is 3. The zero-order valence-corrected chi connectivity index (χ0v) is 5.77. The molecule has 0 bridgehead atoms. The molecule has 0 aromatic heterocycles. The van der Waals surface area contributed by atoms with Gasteiger partial charge in [0, 0.05) is 0 Å². The summed E-state index contributed by atoms with van der Waals surface area (Å²) in [6.45, 7) is 0. The Morgan fingerprint density at radius 2 is 2.27 bits per heavy atom. The Morgan fingerprint density at radius 1 is 1.64 bits per heavy atom. The summed E-state index contributed by atoms with van der Waals surface area (Å²) >= 11 is 0. The summed E-state index contributed by atoms with van der Waals surface area (Å²) in [5.74, 6) is -1.91. The zero-order chi connectivity index (χ0) is 8.43. The van der Waals surface area contributed by atoms with E-state index in [1.807, 2.05) is 0 Å². The largest absolute Gasteiger partial charge is 0.511 e. The highest BCUT2D eigenvalue weighted by molar-refractivity contribution is 5.74. The lowest BCUT2D eigenvalue weighted by molar-refractivity contribution is -0.140. The van der Waals surface area contributed by atoms with Crippen molar-refractivity contribution in [2.24, 2.45) is 11.7 Å². The van der Waals surface area contributed by atoms with E-state index in [9.17, 15) is 4.79 Å². The first-order chi connectivity index (χ1) is 5.13. The van der Waals surface area contributed by atoms with Crippen molar-refractivity contribution in [3.63, 3.8) is 0 Å². The summed E-state index contributed by atoms with van der Waals surface area (Å²) in [6, 6.07) is -0.808. The van der Waals surface area contributed by atoms with E-state index < -0.39 is 17.9 Å². The molecule has 0 aromatic rings. The molecule has 0 fully saturated rings. The van der Waals surface area contributed by atoms with Gasteiger partial charge in [0.05, 0.1) is 12.0 Å². The number of carboxylic acids is 1. The third-order valence-corrected chi connectivity index (χ3v) is 1.60. The van der Waals surface area contributed by atoms with Crippen LogP contribution in [0.25, 0.3) is 0 Å². The topological polar surface area (TPSA) is 83.5 Å². The lowest BCUT2D eigenvalue weighted by Gasteiger charge is -2.18. The average Bonchev–Trinajstić information content (AvgIpc) is 1.94. The molecule has 1 aliphatic carbocycles. The molecule has 0 radical (unpaired) electrons. The summed E-state index contributed by atoms with van der Waals surface area (Å²) in [5.41, 5.74) is 5.37.